The number of nitrogens with zero attached hydrogens (tertiary/aromatic N) is 1. The van der Waals surface area contributed by atoms with Crippen molar-refractivity contribution in [1.82, 2.24) is 9.55 Å². The van der Waals surface area contributed by atoms with Crippen molar-refractivity contribution in [1.29, 1.82) is 0 Å². The van der Waals surface area contributed by atoms with E-state index in [4.69, 9.17) is 0 Å². The summed E-state index contributed by atoms with van der Waals surface area (Å²) in [5.74, 6) is 0. The molecule has 3 rings (SSSR count). The quantitative estimate of drug-likeness (QED) is 0.553. The fourth-order valence-electron chi connectivity index (χ4n) is 2.32. The highest BCUT2D eigenvalue weighted by molar-refractivity contribution is 6.59. The molecule has 0 radical (unpaired) electrons. The minimum absolute atomic E-state index is 0.192. The summed E-state index contributed by atoms with van der Waals surface area (Å²) in [5, 5.41) is 19.2. The molecule has 0 amide bonds. The predicted molar refractivity (Wildman–Crippen MR) is 77.7 cm³/mol. The first-order chi connectivity index (χ1) is 9.66. The van der Waals surface area contributed by atoms with Gasteiger partial charge in [0.15, 0.2) is 0 Å². The van der Waals surface area contributed by atoms with Crippen LogP contribution in [0, 0.1) is 0 Å². The standard InChI is InChI=1S/C14H13BN2O3/c18-14-12(17-8-4-3-7-13(17)16-14)9-10-5-1-2-6-11(10)15(19)20/h1-7,9,19-20H,8H2,(H,16,18). The number of aromatic amines is 1. The molecule has 0 bridgehead atoms. The van der Waals surface area contributed by atoms with Crippen molar-refractivity contribution in [2.75, 3.05) is 0 Å². The molecule has 2 heterocycles. The molecule has 100 valence electrons. The van der Waals surface area contributed by atoms with Crippen LogP contribution in [0.3, 0.4) is 0 Å². The van der Waals surface area contributed by atoms with E-state index >= 15 is 0 Å². The van der Waals surface area contributed by atoms with Crippen molar-refractivity contribution >= 4 is 24.7 Å². The normalized spacial score (nSPS) is 14.0. The van der Waals surface area contributed by atoms with Gasteiger partial charge in [-0.25, -0.2) is 0 Å². The Bertz CT molecular complexity index is 846. The van der Waals surface area contributed by atoms with Crippen LogP contribution in [0.25, 0.3) is 12.2 Å². The summed E-state index contributed by atoms with van der Waals surface area (Å²) in [6, 6.07) is 6.88. The molecule has 0 atom stereocenters. The maximum Gasteiger partial charge on any atom is 0.489 e. The van der Waals surface area contributed by atoms with Gasteiger partial charge in [-0.1, -0.05) is 36.4 Å². The molecule has 0 saturated carbocycles. The molecule has 1 aliphatic heterocycles. The fraction of sp³-hybridized carbons (Fsp3) is 0.0714. The van der Waals surface area contributed by atoms with Gasteiger partial charge in [-0.05, 0) is 23.2 Å². The van der Waals surface area contributed by atoms with Crippen LogP contribution in [-0.2, 0) is 6.54 Å². The van der Waals surface area contributed by atoms with E-state index in [-0.39, 0.29) is 5.56 Å². The van der Waals surface area contributed by atoms with Crippen LogP contribution in [0.5, 0.6) is 0 Å². The summed E-state index contributed by atoms with van der Waals surface area (Å²) in [5.41, 5.74) is 1.54. The van der Waals surface area contributed by atoms with Gasteiger partial charge in [-0.15, -0.1) is 0 Å². The van der Waals surface area contributed by atoms with Gasteiger partial charge in [-0.2, -0.15) is 0 Å². The Labute approximate surface area is 115 Å². The van der Waals surface area contributed by atoms with E-state index in [0.29, 0.717) is 22.9 Å². The molecule has 20 heavy (non-hydrogen) atoms. The average molecular weight is 268 g/mol. The van der Waals surface area contributed by atoms with Crippen molar-refractivity contribution < 1.29 is 10.0 Å². The van der Waals surface area contributed by atoms with Crippen molar-refractivity contribution in [3.05, 3.63) is 63.2 Å². The van der Waals surface area contributed by atoms with Gasteiger partial charge in [0.25, 0.3) is 5.56 Å². The Kier molecular flexibility index (Phi) is 3.18. The van der Waals surface area contributed by atoms with Crippen molar-refractivity contribution in [2.45, 2.75) is 6.54 Å². The number of hydrogen-bond acceptors (Lipinski definition) is 3. The van der Waals surface area contributed by atoms with Gasteiger partial charge in [0.05, 0.1) is 0 Å². The maximum atomic E-state index is 12.0. The summed E-state index contributed by atoms with van der Waals surface area (Å²) >= 11 is 0. The largest absolute Gasteiger partial charge is 0.489 e. The van der Waals surface area contributed by atoms with Crippen LogP contribution >= 0.6 is 0 Å². The van der Waals surface area contributed by atoms with Crippen LogP contribution in [0.4, 0.5) is 0 Å². The number of allylic oxidation sites excluding steroid dienone is 2. The van der Waals surface area contributed by atoms with Crippen LogP contribution < -0.4 is 21.9 Å². The van der Waals surface area contributed by atoms with E-state index in [0.717, 1.165) is 5.48 Å². The van der Waals surface area contributed by atoms with Crippen LogP contribution in [-0.4, -0.2) is 26.7 Å². The minimum atomic E-state index is -1.57. The summed E-state index contributed by atoms with van der Waals surface area (Å²) in [6.07, 6.45) is 7.34. The Hall–Kier alpha value is -2.31. The topological polar surface area (TPSA) is 78.2 Å². The van der Waals surface area contributed by atoms with E-state index in [9.17, 15) is 14.8 Å². The molecule has 0 saturated heterocycles. The molecule has 1 aromatic carbocycles. The molecule has 0 aliphatic carbocycles. The number of fused-ring (bicyclic) bond motifs is 1. The number of rotatable bonds is 2. The lowest BCUT2D eigenvalue weighted by molar-refractivity contribution is 0.425. The highest BCUT2D eigenvalue weighted by Gasteiger charge is 2.14. The van der Waals surface area contributed by atoms with Crippen molar-refractivity contribution in [2.24, 2.45) is 0 Å². The van der Waals surface area contributed by atoms with Gasteiger partial charge in [0.1, 0.15) is 10.8 Å². The monoisotopic (exact) mass is 268 g/mol. The van der Waals surface area contributed by atoms with Crippen LogP contribution in [0.15, 0.2) is 41.2 Å². The third-order valence-corrected chi connectivity index (χ3v) is 3.30. The third-order valence-electron chi connectivity index (χ3n) is 3.30. The molecule has 0 fully saturated rings. The second kappa shape index (κ2) is 4.99. The second-order valence-electron chi connectivity index (χ2n) is 4.58. The summed E-state index contributed by atoms with van der Waals surface area (Å²) in [4.78, 5) is 14.8. The van der Waals surface area contributed by atoms with Crippen molar-refractivity contribution in [3.63, 3.8) is 0 Å². The zero-order valence-corrected chi connectivity index (χ0v) is 10.7. The number of hydrogen-bond donors (Lipinski definition) is 3. The number of imidazole rings is 1. The van der Waals surface area contributed by atoms with Gasteiger partial charge in [0, 0.05) is 6.54 Å². The molecule has 1 aliphatic rings. The highest BCUT2D eigenvalue weighted by atomic mass is 16.4. The highest BCUT2D eigenvalue weighted by Crippen LogP contribution is 1.97. The SMILES string of the molecule is O=c1[nH]c2n(c1=Cc1ccccc1B(O)O)CC=CC=2. The Morgan fingerprint density at radius 3 is 2.90 bits per heavy atom. The molecule has 6 heteroatoms. The fourth-order valence-corrected chi connectivity index (χ4v) is 2.32. The first-order valence-corrected chi connectivity index (χ1v) is 6.29. The number of nitrogens with one attached hydrogen (secondary N) is 1. The zero-order valence-electron chi connectivity index (χ0n) is 10.7. The molecule has 2 aromatic rings. The predicted octanol–water partition coefficient (Wildman–Crippen LogP) is -1.96. The first kappa shape index (κ1) is 12.7. The van der Waals surface area contributed by atoms with Gasteiger partial charge in [0.2, 0.25) is 0 Å². The summed E-state index contributed by atoms with van der Waals surface area (Å²) < 4.78 is 1.85. The molecule has 3 N–H and O–H groups in total. The third kappa shape index (κ3) is 2.15. The lowest BCUT2D eigenvalue weighted by Gasteiger charge is -2.05. The Morgan fingerprint density at radius 2 is 2.10 bits per heavy atom. The Balaban J connectivity index is 2.25. The second-order valence-corrected chi connectivity index (χ2v) is 4.58. The molecular weight excluding hydrogens is 255 g/mol. The zero-order chi connectivity index (χ0) is 14.1. The maximum absolute atomic E-state index is 12.0. The summed E-state index contributed by atoms with van der Waals surface area (Å²) in [6.45, 7) is 0.611. The lowest BCUT2D eigenvalue weighted by atomic mass is 9.77. The number of H-pyrrole nitrogens is 1. The van der Waals surface area contributed by atoms with E-state index in [2.05, 4.69) is 4.98 Å². The van der Waals surface area contributed by atoms with E-state index in [1.54, 1.807) is 30.3 Å². The number of benzene rings is 1. The average Bonchev–Trinajstić information content (AvgIpc) is 2.76. The Morgan fingerprint density at radius 1 is 1.30 bits per heavy atom. The summed E-state index contributed by atoms with van der Waals surface area (Å²) in [7, 11) is -1.57. The van der Waals surface area contributed by atoms with E-state index < -0.39 is 7.12 Å². The van der Waals surface area contributed by atoms with Gasteiger partial charge in [-0.3, -0.25) is 4.79 Å². The number of aromatic nitrogens is 2. The minimum Gasteiger partial charge on any atom is -0.423 e. The molecule has 1 aromatic heterocycles. The van der Waals surface area contributed by atoms with Gasteiger partial charge < -0.3 is 19.6 Å². The lowest BCUT2D eigenvalue weighted by Crippen LogP contribution is -2.35. The van der Waals surface area contributed by atoms with Crippen LogP contribution in [0.1, 0.15) is 5.56 Å². The molecule has 0 spiro atoms. The van der Waals surface area contributed by atoms with E-state index in [1.807, 2.05) is 22.8 Å². The molecule has 0 unspecified atom stereocenters. The van der Waals surface area contributed by atoms with Crippen LogP contribution in [0.2, 0.25) is 0 Å². The molecule has 5 nitrogen and oxygen atoms in total. The van der Waals surface area contributed by atoms with Gasteiger partial charge >= 0.3 is 7.12 Å². The molecular formula is C14H13BN2O3. The van der Waals surface area contributed by atoms with Crippen molar-refractivity contribution in [3.8, 4) is 0 Å². The van der Waals surface area contributed by atoms with E-state index in [1.165, 1.54) is 0 Å². The first-order valence-electron chi connectivity index (χ1n) is 6.29. The smallest absolute Gasteiger partial charge is 0.423 e.